The first-order valence-electron chi connectivity index (χ1n) is 4.72. The van der Waals surface area contributed by atoms with E-state index < -0.39 is 11.5 Å². The van der Waals surface area contributed by atoms with Gasteiger partial charge in [0.2, 0.25) is 0 Å². The lowest BCUT2D eigenvalue weighted by atomic mass is 9.64. The summed E-state index contributed by atoms with van der Waals surface area (Å²) in [6.45, 7) is 0. The summed E-state index contributed by atoms with van der Waals surface area (Å²) in [5.41, 5.74) is 5.81. The van der Waals surface area contributed by atoms with Gasteiger partial charge in [-0.1, -0.05) is 30.3 Å². The number of carbonyl (C=O) groups is 1. The molecule has 0 aliphatic heterocycles. The molecule has 1 saturated carbocycles. The first kappa shape index (κ1) is 9.21. The highest BCUT2D eigenvalue weighted by Crippen LogP contribution is 2.44. The first-order chi connectivity index (χ1) is 6.64. The number of hydrogen-bond donors (Lipinski definition) is 2. The Hall–Kier alpha value is -1.35. The number of aliphatic carboxylic acids is 1. The lowest BCUT2D eigenvalue weighted by Crippen LogP contribution is -2.59. The van der Waals surface area contributed by atoms with E-state index in [2.05, 4.69) is 0 Å². The van der Waals surface area contributed by atoms with Crippen molar-refractivity contribution in [1.29, 1.82) is 0 Å². The third-order valence-corrected chi connectivity index (χ3v) is 3.07. The Labute approximate surface area is 82.5 Å². The average molecular weight is 191 g/mol. The highest BCUT2D eigenvalue weighted by atomic mass is 16.4. The minimum Gasteiger partial charge on any atom is -0.480 e. The molecule has 2 atom stereocenters. The van der Waals surface area contributed by atoms with Crippen molar-refractivity contribution >= 4 is 5.97 Å². The van der Waals surface area contributed by atoms with E-state index in [9.17, 15) is 4.79 Å². The molecule has 3 N–H and O–H groups in total. The molecular weight excluding hydrogens is 178 g/mol. The Morgan fingerprint density at radius 3 is 2.50 bits per heavy atom. The van der Waals surface area contributed by atoms with E-state index >= 15 is 0 Å². The molecule has 74 valence electrons. The molecule has 1 aromatic carbocycles. The minimum absolute atomic E-state index is 0.0267. The summed E-state index contributed by atoms with van der Waals surface area (Å²) in [4.78, 5) is 11.0. The van der Waals surface area contributed by atoms with Crippen LogP contribution in [0.3, 0.4) is 0 Å². The van der Waals surface area contributed by atoms with Crippen molar-refractivity contribution in [2.45, 2.75) is 24.3 Å². The molecule has 0 aromatic heterocycles. The van der Waals surface area contributed by atoms with Crippen LogP contribution in [0.15, 0.2) is 30.3 Å². The molecule has 1 aliphatic carbocycles. The number of nitrogens with two attached hydrogens (primary N) is 1. The van der Waals surface area contributed by atoms with Crippen molar-refractivity contribution in [3.05, 3.63) is 35.9 Å². The van der Waals surface area contributed by atoms with Gasteiger partial charge in [-0.15, -0.1) is 0 Å². The molecule has 14 heavy (non-hydrogen) atoms. The third kappa shape index (κ3) is 1.21. The highest BCUT2D eigenvalue weighted by molar-refractivity contribution is 5.81. The standard InChI is InChI=1S/C11H13NO2/c12-11(10(13)14)7-6-9(11)8-4-2-1-3-5-8/h1-5,9H,6-7,12H2,(H,13,14)/t9?,11-/m0/s1. The summed E-state index contributed by atoms with van der Waals surface area (Å²) >= 11 is 0. The van der Waals surface area contributed by atoms with Crippen molar-refractivity contribution in [2.75, 3.05) is 0 Å². The number of carboxylic acid groups (broad SMARTS) is 1. The van der Waals surface area contributed by atoms with Crippen LogP contribution in [0.4, 0.5) is 0 Å². The zero-order valence-electron chi connectivity index (χ0n) is 7.81. The number of benzene rings is 1. The molecular formula is C11H13NO2. The molecule has 2 rings (SSSR count). The van der Waals surface area contributed by atoms with Gasteiger partial charge >= 0.3 is 5.97 Å². The Morgan fingerprint density at radius 1 is 1.43 bits per heavy atom. The first-order valence-corrected chi connectivity index (χ1v) is 4.72. The maximum atomic E-state index is 11.0. The van der Waals surface area contributed by atoms with Crippen LogP contribution in [0.2, 0.25) is 0 Å². The zero-order valence-corrected chi connectivity index (χ0v) is 7.81. The van der Waals surface area contributed by atoms with Gasteiger partial charge in [0.05, 0.1) is 0 Å². The maximum Gasteiger partial charge on any atom is 0.324 e. The molecule has 0 heterocycles. The molecule has 3 nitrogen and oxygen atoms in total. The van der Waals surface area contributed by atoms with Crippen LogP contribution in [-0.4, -0.2) is 16.6 Å². The fourth-order valence-electron chi connectivity index (χ4n) is 2.01. The molecule has 1 unspecified atom stereocenters. The fraction of sp³-hybridized carbons (Fsp3) is 0.364. The number of rotatable bonds is 2. The molecule has 1 aliphatic rings. The van der Waals surface area contributed by atoms with Crippen molar-refractivity contribution < 1.29 is 9.90 Å². The molecule has 3 heteroatoms. The van der Waals surface area contributed by atoms with Crippen molar-refractivity contribution in [1.82, 2.24) is 0 Å². The van der Waals surface area contributed by atoms with E-state index in [0.717, 1.165) is 12.0 Å². The van der Waals surface area contributed by atoms with Crippen LogP contribution in [0.25, 0.3) is 0 Å². The van der Waals surface area contributed by atoms with Crippen molar-refractivity contribution in [2.24, 2.45) is 5.73 Å². The van der Waals surface area contributed by atoms with Gasteiger partial charge in [-0.2, -0.15) is 0 Å². The molecule has 1 fully saturated rings. The van der Waals surface area contributed by atoms with Gasteiger partial charge in [0.15, 0.2) is 0 Å². The summed E-state index contributed by atoms with van der Waals surface area (Å²) in [7, 11) is 0. The van der Waals surface area contributed by atoms with E-state index in [-0.39, 0.29) is 5.92 Å². The average Bonchev–Trinajstić information content (AvgIpc) is 2.16. The van der Waals surface area contributed by atoms with Gasteiger partial charge in [0.25, 0.3) is 0 Å². The number of hydrogen-bond acceptors (Lipinski definition) is 2. The van der Waals surface area contributed by atoms with E-state index in [1.807, 2.05) is 30.3 Å². The molecule has 0 spiro atoms. The Morgan fingerprint density at radius 2 is 2.07 bits per heavy atom. The van der Waals surface area contributed by atoms with Gasteiger partial charge in [-0.3, -0.25) is 4.79 Å². The summed E-state index contributed by atoms with van der Waals surface area (Å²) in [5.74, 6) is -0.918. The van der Waals surface area contributed by atoms with Gasteiger partial charge in [0, 0.05) is 5.92 Å². The maximum absolute atomic E-state index is 11.0. The lowest BCUT2D eigenvalue weighted by molar-refractivity contribution is -0.147. The summed E-state index contributed by atoms with van der Waals surface area (Å²) < 4.78 is 0. The summed E-state index contributed by atoms with van der Waals surface area (Å²) in [5, 5.41) is 9.00. The second-order valence-corrected chi connectivity index (χ2v) is 3.85. The van der Waals surface area contributed by atoms with Crippen LogP contribution in [0, 0.1) is 0 Å². The largest absolute Gasteiger partial charge is 0.480 e. The smallest absolute Gasteiger partial charge is 0.324 e. The van der Waals surface area contributed by atoms with Crippen LogP contribution < -0.4 is 5.73 Å². The van der Waals surface area contributed by atoms with Gasteiger partial charge < -0.3 is 10.8 Å². The van der Waals surface area contributed by atoms with Crippen molar-refractivity contribution in [3.8, 4) is 0 Å². The van der Waals surface area contributed by atoms with E-state index in [0.29, 0.717) is 6.42 Å². The minimum atomic E-state index is -1.04. The van der Waals surface area contributed by atoms with E-state index in [1.165, 1.54) is 0 Å². The van der Waals surface area contributed by atoms with Crippen LogP contribution in [-0.2, 0) is 4.79 Å². The Bertz CT molecular complexity index is 350. The monoisotopic (exact) mass is 191 g/mol. The fourth-order valence-corrected chi connectivity index (χ4v) is 2.01. The van der Waals surface area contributed by atoms with Gasteiger partial charge in [-0.25, -0.2) is 0 Å². The van der Waals surface area contributed by atoms with E-state index in [1.54, 1.807) is 0 Å². The molecule has 0 amide bonds. The van der Waals surface area contributed by atoms with Crippen molar-refractivity contribution in [3.63, 3.8) is 0 Å². The second-order valence-electron chi connectivity index (χ2n) is 3.85. The highest BCUT2D eigenvalue weighted by Gasteiger charge is 2.50. The SMILES string of the molecule is N[C@@]1(C(=O)O)CCC1c1ccccc1. The van der Waals surface area contributed by atoms with Gasteiger partial charge in [-0.05, 0) is 18.4 Å². The van der Waals surface area contributed by atoms with Crippen LogP contribution in [0.5, 0.6) is 0 Å². The predicted molar refractivity (Wildman–Crippen MR) is 53.0 cm³/mol. The Kier molecular flexibility index (Phi) is 2.04. The normalized spacial score (nSPS) is 30.8. The summed E-state index contributed by atoms with van der Waals surface area (Å²) in [6.07, 6.45) is 1.44. The van der Waals surface area contributed by atoms with Gasteiger partial charge in [0.1, 0.15) is 5.54 Å². The predicted octanol–water partition coefficient (Wildman–Crippen LogP) is 1.35. The Balaban J connectivity index is 2.26. The second kappa shape index (κ2) is 3.10. The van der Waals surface area contributed by atoms with Crippen LogP contribution >= 0.6 is 0 Å². The molecule has 0 saturated heterocycles. The molecule has 1 aromatic rings. The van der Waals surface area contributed by atoms with E-state index in [4.69, 9.17) is 10.8 Å². The molecule has 0 radical (unpaired) electrons. The quantitative estimate of drug-likeness (QED) is 0.741. The van der Waals surface area contributed by atoms with Crippen LogP contribution in [0.1, 0.15) is 24.3 Å². The lowest BCUT2D eigenvalue weighted by Gasteiger charge is -2.43. The summed E-state index contributed by atoms with van der Waals surface area (Å²) in [6, 6.07) is 9.62. The third-order valence-electron chi connectivity index (χ3n) is 3.07. The molecule has 0 bridgehead atoms. The zero-order chi connectivity index (χ0) is 10.2. The number of carboxylic acids is 1. The topological polar surface area (TPSA) is 63.3 Å².